The lowest BCUT2D eigenvalue weighted by atomic mass is 9.69. The number of hydrogen-bond acceptors (Lipinski definition) is 3. The Bertz CT molecular complexity index is 601. The van der Waals surface area contributed by atoms with Crippen molar-refractivity contribution in [2.75, 3.05) is 5.32 Å². The first-order valence-electron chi connectivity index (χ1n) is 8.87. The third kappa shape index (κ3) is 4.36. The molecule has 0 saturated heterocycles. The second-order valence-electron chi connectivity index (χ2n) is 7.79. The molecule has 0 spiro atoms. The van der Waals surface area contributed by atoms with E-state index in [9.17, 15) is 9.59 Å². The Balaban J connectivity index is 1.99. The van der Waals surface area contributed by atoms with E-state index in [1.165, 1.54) is 6.42 Å². The maximum absolute atomic E-state index is 12.3. The van der Waals surface area contributed by atoms with E-state index in [0.29, 0.717) is 11.7 Å². The standard InChI is InChI=1S/C18H30N4O2/c1-6-12-11-15(22(5)21-12)20-17(24)16(23)19-14-10-8-7-9-13(14)18(2,3)4/h11,13-14H,6-10H2,1-5H3,(H,19,23)(H,20,24)/t13-,14+/m0/s1. The van der Waals surface area contributed by atoms with Crippen LogP contribution in [0.3, 0.4) is 0 Å². The van der Waals surface area contributed by atoms with Gasteiger partial charge in [-0.1, -0.05) is 40.5 Å². The van der Waals surface area contributed by atoms with Gasteiger partial charge in [0.15, 0.2) is 0 Å². The lowest BCUT2D eigenvalue weighted by Gasteiger charge is -2.40. The summed E-state index contributed by atoms with van der Waals surface area (Å²) in [5.74, 6) is -0.247. The van der Waals surface area contributed by atoms with Crippen LogP contribution in [0.4, 0.5) is 5.82 Å². The van der Waals surface area contributed by atoms with Crippen molar-refractivity contribution in [2.45, 2.75) is 65.8 Å². The van der Waals surface area contributed by atoms with E-state index < -0.39 is 11.8 Å². The van der Waals surface area contributed by atoms with Crippen LogP contribution in [0, 0.1) is 11.3 Å². The Labute approximate surface area is 144 Å². The van der Waals surface area contributed by atoms with Gasteiger partial charge >= 0.3 is 11.8 Å². The molecule has 1 aromatic rings. The Kier molecular flexibility index (Phi) is 5.67. The van der Waals surface area contributed by atoms with Crippen molar-refractivity contribution in [1.82, 2.24) is 15.1 Å². The molecule has 24 heavy (non-hydrogen) atoms. The van der Waals surface area contributed by atoms with Gasteiger partial charge < -0.3 is 10.6 Å². The molecule has 6 nitrogen and oxygen atoms in total. The van der Waals surface area contributed by atoms with Crippen LogP contribution in [0.15, 0.2) is 6.07 Å². The molecule has 2 atom stereocenters. The maximum Gasteiger partial charge on any atom is 0.314 e. The highest BCUT2D eigenvalue weighted by atomic mass is 16.2. The van der Waals surface area contributed by atoms with E-state index in [4.69, 9.17) is 0 Å². The van der Waals surface area contributed by atoms with Crippen LogP contribution < -0.4 is 10.6 Å². The van der Waals surface area contributed by atoms with Gasteiger partial charge in [-0.05, 0) is 30.6 Å². The first-order chi connectivity index (χ1) is 11.2. The molecule has 1 aliphatic rings. The van der Waals surface area contributed by atoms with Crippen LogP contribution in [-0.2, 0) is 23.1 Å². The normalized spacial score (nSPS) is 21.4. The first-order valence-corrected chi connectivity index (χ1v) is 8.87. The van der Waals surface area contributed by atoms with E-state index in [1.807, 2.05) is 6.92 Å². The summed E-state index contributed by atoms with van der Waals surface area (Å²) in [5.41, 5.74) is 1.00. The molecule has 2 amide bonds. The molecule has 0 radical (unpaired) electrons. The van der Waals surface area contributed by atoms with Crippen molar-refractivity contribution in [3.63, 3.8) is 0 Å². The Morgan fingerprint density at radius 1 is 1.25 bits per heavy atom. The van der Waals surface area contributed by atoms with Gasteiger partial charge in [0, 0.05) is 19.2 Å². The minimum atomic E-state index is -0.626. The zero-order valence-electron chi connectivity index (χ0n) is 15.5. The summed E-state index contributed by atoms with van der Waals surface area (Å²) < 4.78 is 1.59. The summed E-state index contributed by atoms with van der Waals surface area (Å²) in [6.45, 7) is 8.59. The van der Waals surface area contributed by atoms with E-state index >= 15 is 0 Å². The zero-order chi connectivity index (χ0) is 17.9. The largest absolute Gasteiger partial charge is 0.345 e. The first kappa shape index (κ1) is 18.5. The average molecular weight is 334 g/mol. The lowest BCUT2D eigenvalue weighted by molar-refractivity contribution is -0.137. The zero-order valence-corrected chi connectivity index (χ0v) is 15.5. The molecule has 0 unspecified atom stereocenters. The number of anilines is 1. The quantitative estimate of drug-likeness (QED) is 0.834. The number of carbonyl (C=O) groups excluding carboxylic acids is 2. The van der Waals surface area contributed by atoms with Crippen molar-refractivity contribution in [2.24, 2.45) is 18.4 Å². The number of rotatable bonds is 3. The number of aromatic nitrogens is 2. The second-order valence-corrected chi connectivity index (χ2v) is 7.79. The molecule has 0 aliphatic heterocycles. The van der Waals surface area contributed by atoms with Crippen LogP contribution in [-0.4, -0.2) is 27.6 Å². The van der Waals surface area contributed by atoms with Crippen molar-refractivity contribution in [1.29, 1.82) is 0 Å². The molecule has 1 saturated carbocycles. The molecular formula is C18H30N4O2. The predicted molar refractivity (Wildman–Crippen MR) is 94.6 cm³/mol. The summed E-state index contributed by atoms with van der Waals surface area (Å²) in [4.78, 5) is 24.6. The number of nitrogens with one attached hydrogen (secondary N) is 2. The molecule has 134 valence electrons. The van der Waals surface area contributed by atoms with Gasteiger partial charge in [-0.3, -0.25) is 14.3 Å². The molecule has 1 heterocycles. The summed E-state index contributed by atoms with van der Waals surface area (Å²) in [6, 6.07) is 1.86. The van der Waals surface area contributed by atoms with E-state index in [0.717, 1.165) is 31.4 Å². The maximum atomic E-state index is 12.3. The minimum Gasteiger partial charge on any atom is -0.345 e. The number of nitrogens with zero attached hydrogens (tertiary/aromatic N) is 2. The molecule has 6 heteroatoms. The Morgan fingerprint density at radius 2 is 1.92 bits per heavy atom. The minimum absolute atomic E-state index is 0.0646. The topological polar surface area (TPSA) is 76.0 Å². The smallest absolute Gasteiger partial charge is 0.314 e. The van der Waals surface area contributed by atoms with Crippen molar-refractivity contribution >= 4 is 17.6 Å². The Morgan fingerprint density at radius 3 is 2.50 bits per heavy atom. The highest BCUT2D eigenvalue weighted by Gasteiger charge is 2.35. The third-order valence-electron chi connectivity index (χ3n) is 4.94. The van der Waals surface area contributed by atoms with Crippen LogP contribution in [0.1, 0.15) is 59.1 Å². The molecule has 0 bridgehead atoms. The van der Waals surface area contributed by atoms with Crippen LogP contribution in [0.2, 0.25) is 0 Å². The van der Waals surface area contributed by atoms with Gasteiger partial charge in [0.1, 0.15) is 5.82 Å². The number of amides is 2. The summed E-state index contributed by atoms with van der Waals surface area (Å²) in [5, 5.41) is 9.88. The Hall–Kier alpha value is -1.85. The molecule has 2 N–H and O–H groups in total. The fourth-order valence-corrected chi connectivity index (χ4v) is 3.56. The monoisotopic (exact) mass is 334 g/mol. The number of carbonyl (C=O) groups is 2. The SMILES string of the molecule is CCc1cc(NC(=O)C(=O)N[C@@H]2CCCC[C@@H]2C(C)(C)C)n(C)n1. The van der Waals surface area contributed by atoms with Gasteiger partial charge in [0.25, 0.3) is 0 Å². The van der Waals surface area contributed by atoms with Crippen LogP contribution in [0.5, 0.6) is 0 Å². The van der Waals surface area contributed by atoms with E-state index in [-0.39, 0.29) is 11.5 Å². The number of aryl methyl sites for hydroxylation is 2. The summed E-state index contributed by atoms with van der Waals surface area (Å²) in [6.07, 6.45) is 5.10. The fourth-order valence-electron chi connectivity index (χ4n) is 3.56. The van der Waals surface area contributed by atoms with Crippen molar-refractivity contribution in [3.8, 4) is 0 Å². The van der Waals surface area contributed by atoms with Gasteiger partial charge in [-0.2, -0.15) is 5.10 Å². The van der Waals surface area contributed by atoms with E-state index in [1.54, 1.807) is 17.8 Å². The average Bonchev–Trinajstić information content (AvgIpc) is 2.87. The van der Waals surface area contributed by atoms with Crippen molar-refractivity contribution in [3.05, 3.63) is 11.8 Å². The van der Waals surface area contributed by atoms with Gasteiger partial charge in [0.05, 0.1) is 5.69 Å². The molecular weight excluding hydrogens is 304 g/mol. The van der Waals surface area contributed by atoms with Gasteiger partial charge in [-0.15, -0.1) is 0 Å². The van der Waals surface area contributed by atoms with Crippen LogP contribution in [0.25, 0.3) is 0 Å². The molecule has 1 aromatic heterocycles. The third-order valence-corrected chi connectivity index (χ3v) is 4.94. The molecule has 1 aliphatic carbocycles. The van der Waals surface area contributed by atoms with Crippen LogP contribution >= 0.6 is 0 Å². The fraction of sp³-hybridized carbons (Fsp3) is 0.722. The highest BCUT2D eigenvalue weighted by molar-refractivity contribution is 6.39. The number of hydrogen-bond donors (Lipinski definition) is 2. The second kappa shape index (κ2) is 7.36. The lowest BCUT2D eigenvalue weighted by Crippen LogP contribution is -2.49. The summed E-state index contributed by atoms with van der Waals surface area (Å²) in [7, 11) is 1.75. The predicted octanol–water partition coefficient (Wildman–Crippen LogP) is 2.64. The summed E-state index contributed by atoms with van der Waals surface area (Å²) >= 11 is 0. The highest BCUT2D eigenvalue weighted by Crippen LogP contribution is 2.37. The molecule has 0 aromatic carbocycles. The molecule has 1 fully saturated rings. The van der Waals surface area contributed by atoms with Gasteiger partial charge in [0.2, 0.25) is 0 Å². The molecule has 2 rings (SSSR count). The van der Waals surface area contributed by atoms with Crippen molar-refractivity contribution < 1.29 is 9.59 Å². The van der Waals surface area contributed by atoms with E-state index in [2.05, 4.69) is 36.5 Å². The van der Waals surface area contributed by atoms with Gasteiger partial charge in [-0.25, -0.2) is 0 Å².